The van der Waals surface area contributed by atoms with Crippen LogP contribution in [-0.4, -0.2) is 40.0 Å². The lowest BCUT2D eigenvalue weighted by atomic mass is 9.64. The molecule has 3 fully saturated rings. The first-order chi connectivity index (χ1) is 10.0. The number of carbonyl (C=O) groups excluding carboxylic acids is 3. The van der Waals surface area contributed by atoms with Crippen molar-refractivity contribution in [3.63, 3.8) is 0 Å². The molecule has 22 heavy (non-hydrogen) atoms. The van der Waals surface area contributed by atoms with Crippen LogP contribution in [0.2, 0.25) is 0 Å². The zero-order valence-corrected chi connectivity index (χ0v) is 13.9. The number of piperidine rings is 1. The fourth-order valence-electron chi connectivity index (χ4n) is 3.50. The largest absolute Gasteiger partial charge is 0.444 e. The fraction of sp³-hybridized carbons (Fsp3) is 0.800. The van der Waals surface area contributed by atoms with E-state index in [0.717, 1.165) is 6.42 Å². The van der Waals surface area contributed by atoms with E-state index < -0.39 is 17.2 Å². The number of hydrazine groups is 1. The predicted molar refractivity (Wildman–Crippen MR) is 79.6 cm³/mol. The highest BCUT2D eigenvalue weighted by molar-refractivity contribution is 5.93. The van der Waals surface area contributed by atoms with E-state index in [1.54, 1.807) is 25.7 Å². The maximum absolute atomic E-state index is 12.5. The van der Waals surface area contributed by atoms with E-state index in [4.69, 9.17) is 4.74 Å². The van der Waals surface area contributed by atoms with E-state index in [1.165, 1.54) is 6.92 Å². The first-order valence-electron chi connectivity index (χ1n) is 7.64. The van der Waals surface area contributed by atoms with Crippen molar-refractivity contribution in [3.05, 3.63) is 0 Å². The van der Waals surface area contributed by atoms with Crippen molar-refractivity contribution in [2.75, 3.05) is 0 Å². The Bertz CT molecular complexity index is 500. The summed E-state index contributed by atoms with van der Waals surface area (Å²) in [7, 11) is 0. The highest BCUT2D eigenvalue weighted by Gasteiger charge is 2.63. The Hall–Kier alpha value is -1.79. The van der Waals surface area contributed by atoms with Crippen molar-refractivity contribution in [1.29, 1.82) is 0 Å². The lowest BCUT2D eigenvalue weighted by Crippen LogP contribution is -2.77. The van der Waals surface area contributed by atoms with Gasteiger partial charge in [-0.3, -0.25) is 25.3 Å². The molecule has 3 atom stereocenters. The van der Waals surface area contributed by atoms with Gasteiger partial charge in [-0.1, -0.05) is 6.92 Å². The standard InChI is InChI=1S/C15H25N3O4/c1-9-6-11-8-15(7-9,12(20)17-16-10(2)19)18(11)13(21)22-14(3,4)5/h9,11H,6-8H2,1-5H3,(H,16,19)(H,17,20). The molecular formula is C15H25N3O4. The number of carbonyl (C=O) groups is 3. The number of nitrogens with one attached hydrogen (secondary N) is 2. The molecule has 1 aliphatic carbocycles. The Morgan fingerprint density at radius 3 is 2.36 bits per heavy atom. The van der Waals surface area contributed by atoms with Crippen molar-refractivity contribution >= 4 is 17.9 Å². The van der Waals surface area contributed by atoms with E-state index in [2.05, 4.69) is 17.8 Å². The molecule has 2 bridgehead atoms. The molecule has 7 heteroatoms. The van der Waals surface area contributed by atoms with Gasteiger partial charge in [0.25, 0.3) is 5.91 Å². The van der Waals surface area contributed by atoms with Crippen LogP contribution in [0.25, 0.3) is 0 Å². The van der Waals surface area contributed by atoms with Gasteiger partial charge in [-0.15, -0.1) is 0 Å². The van der Waals surface area contributed by atoms with Crippen LogP contribution in [0, 0.1) is 5.92 Å². The highest BCUT2D eigenvalue weighted by Crippen LogP contribution is 2.50. The SMILES string of the molecule is CC(=O)NNC(=O)C12CC(C)CC(C1)N2C(=O)OC(C)(C)C. The van der Waals surface area contributed by atoms with Crippen molar-refractivity contribution in [3.8, 4) is 0 Å². The molecule has 124 valence electrons. The maximum atomic E-state index is 12.5. The van der Waals surface area contributed by atoms with Crippen molar-refractivity contribution in [2.45, 2.75) is 71.1 Å². The van der Waals surface area contributed by atoms with E-state index in [1.807, 2.05) is 0 Å². The average Bonchev–Trinajstić information content (AvgIpc) is 2.32. The topological polar surface area (TPSA) is 87.7 Å². The summed E-state index contributed by atoms with van der Waals surface area (Å²) in [6, 6.07) is 0.0293. The van der Waals surface area contributed by atoms with E-state index >= 15 is 0 Å². The van der Waals surface area contributed by atoms with Gasteiger partial charge in [0.2, 0.25) is 5.91 Å². The molecule has 0 aromatic heterocycles. The summed E-state index contributed by atoms with van der Waals surface area (Å²) < 4.78 is 5.43. The Morgan fingerprint density at radius 1 is 1.18 bits per heavy atom. The van der Waals surface area contributed by atoms with Crippen LogP contribution in [0.5, 0.6) is 0 Å². The summed E-state index contributed by atoms with van der Waals surface area (Å²) >= 11 is 0. The van der Waals surface area contributed by atoms with Gasteiger partial charge in [0.05, 0.1) is 0 Å². The van der Waals surface area contributed by atoms with Crippen LogP contribution in [0.4, 0.5) is 4.79 Å². The molecule has 1 saturated carbocycles. The van der Waals surface area contributed by atoms with E-state index in [9.17, 15) is 14.4 Å². The lowest BCUT2D eigenvalue weighted by Gasteiger charge is -2.61. The van der Waals surface area contributed by atoms with Gasteiger partial charge in [0, 0.05) is 19.4 Å². The van der Waals surface area contributed by atoms with Crippen LogP contribution in [0.3, 0.4) is 0 Å². The number of nitrogens with zero attached hydrogens (tertiary/aromatic N) is 1. The van der Waals surface area contributed by atoms with Gasteiger partial charge in [0.1, 0.15) is 11.1 Å². The van der Waals surface area contributed by atoms with Crippen molar-refractivity contribution < 1.29 is 19.1 Å². The minimum Gasteiger partial charge on any atom is -0.444 e. The number of fused-ring (bicyclic) bond motifs is 2. The Kier molecular flexibility index (Phi) is 4.10. The first kappa shape index (κ1) is 16.6. The fourth-order valence-corrected chi connectivity index (χ4v) is 3.50. The Balaban J connectivity index is 2.16. The summed E-state index contributed by atoms with van der Waals surface area (Å²) in [6.45, 7) is 8.78. The van der Waals surface area contributed by atoms with Gasteiger partial charge in [0.15, 0.2) is 0 Å². The van der Waals surface area contributed by atoms with Crippen LogP contribution in [0.1, 0.15) is 53.9 Å². The molecule has 2 N–H and O–H groups in total. The van der Waals surface area contributed by atoms with Crippen LogP contribution in [-0.2, 0) is 14.3 Å². The molecule has 0 aromatic carbocycles. The third-order valence-corrected chi connectivity index (χ3v) is 4.13. The number of hydrogen-bond acceptors (Lipinski definition) is 4. The zero-order chi connectivity index (χ0) is 16.7. The molecule has 7 nitrogen and oxygen atoms in total. The third-order valence-electron chi connectivity index (χ3n) is 4.13. The number of amides is 3. The third kappa shape index (κ3) is 3.03. The van der Waals surface area contributed by atoms with E-state index in [-0.39, 0.29) is 17.9 Å². The second kappa shape index (κ2) is 5.44. The summed E-state index contributed by atoms with van der Waals surface area (Å²) in [4.78, 5) is 37.5. The maximum Gasteiger partial charge on any atom is 0.411 e. The quantitative estimate of drug-likeness (QED) is 0.715. The van der Waals surface area contributed by atoms with Gasteiger partial charge >= 0.3 is 6.09 Å². The molecule has 2 aliphatic heterocycles. The molecule has 0 aromatic rings. The Labute approximate surface area is 130 Å². The summed E-state index contributed by atoms with van der Waals surface area (Å²) in [5.41, 5.74) is 3.19. The highest BCUT2D eigenvalue weighted by atomic mass is 16.6. The second-order valence-corrected chi connectivity index (χ2v) is 7.42. The molecule has 3 amide bonds. The monoisotopic (exact) mass is 311 g/mol. The summed E-state index contributed by atoms with van der Waals surface area (Å²) in [5.74, 6) is -0.356. The number of rotatable bonds is 1. The van der Waals surface area contributed by atoms with Crippen LogP contribution in [0.15, 0.2) is 0 Å². The van der Waals surface area contributed by atoms with Gasteiger partial charge in [-0.05, 0) is 39.5 Å². The van der Waals surface area contributed by atoms with Gasteiger partial charge in [-0.2, -0.15) is 0 Å². The predicted octanol–water partition coefficient (Wildman–Crippen LogP) is 1.33. The molecule has 3 rings (SSSR count). The normalized spacial score (nSPS) is 30.1. The molecule has 0 radical (unpaired) electrons. The minimum atomic E-state index is -0.910. The van der Waals surface area contributed by atoms with Gasteiger partial charge in [-0.25, -0.2) is 4.79 Å². The molecular weight excluding hydrogens is 286 g/mol. The minimum absolute atomic E-state index is 0.0293. The summed E-state index contributed by atoms with van der Waals surface area (Å²) in [5, 5.41) is 0. The molecule has 0 spiro atoms. The molecule has 2 heterocycles. The first-order valence-corrected chi connectivity index (χ1v) is 7.64. The zero-order valence-electron chi connectivity index (χ0n) is 13.9. The molecule has 3 aliphatic rings. The van der Waals surface area contributed by atoms with Crippen LogP contribution < -0.4 is 10.9 Å². The van der Waals surface area contributed by atoms with Crippen molar-refractivity contribution in [1.82, 2.24) is 15.8 Å². The Morgan fingerprint density at radius 2 is 1.82 bits per heavy atom. The molecule has 2 saturated heterocycles. The van der Waals surface area contributed by atoms with E-state index in [0.29, 0.717) is 18.8 Å². The second-order valence-electron chi connectivity index (χ2n) is 7.42. The van der Waals surface area contributed by atoms with Crippen LogP contribution >= 0.6 is 0 Å². The van der Waals surface area contributed by atoms with Crippen molar-refractivity contribution in [2.24, 2.45) is 5.92 Å². The smallest absolute Gasteiger partial charge is 0.411 e. The number of ether oxygens (including phenoxy) is 1. The number of hydrogen-bond donors (Lipinski definition) is 2. The summed E-state index contributed by atoms with van der Waals surface area (Å²) in [6.07, 6.45) is 1.60. The lowest BCUT2D eigenvalue weighted by molar-refractivity contribution is -0.164. The molecule has 3 unspecified atom stereocenters. The average molecular weight is 311 g/mol. The van der Waals surface area contributed by atoms with Gasteiger partial charge < -0.3 is 4.74 Å².